The van der Waals surface area contributed by atoms with Crippen LogP contribution < -0.4 is 5.32 Å². The third kappa shape index (κ3) is 3.51. The van der Waals surface area contributed by atoms with Crippen molar-refractivity contribution >= 4 is 23.4 Å². The number of thioether (sulfide) groups is 1. The van der Waals surface area contributed by atoms with Gasteiger partial charge in [-0.3, -0.25) is 0 Å². The van der Waals surface area contributed by atoms with Gasteiger partial charge in [-0.1, -0.05) is 6.07 Å². The van der Waals surface area contributed by atoms with Gasteiger partial charge in [0.05, 0.1) is 5.56 Å². The lowest BCUT2D eigenvalue weighted by Crippen LogP contribution is -2.05. The Kier molecular flexibility index (Phi) is 4.63. The second-order valence-electron chi connectivity index (χ2n) is 4.20. The molecule has 104 valence electrons. The number of rotatable bonds is 5. The van der Waals surface area contributed by atoms with E-state index in [1.165, 1.54) is 18.2 Å². The molecule has 0 amide bonds. The lowest BCUT2D eigenvalue weighted by Gasteiger charge is -2.09. The van der Waals surface area contributed by atoms with E-state index in [0.29, 0.717) is 5.56 Å². The quantitative estimate of drug-likeness (QED) is 0.821. The lowest BCUT2D eigenvalue weighted by molar-refractivity contribution is 0.0696. The molecule has 20 heavy (non-hydrogen) atoms. The Labute approximate surface area is 120 Å². The van der Waals surface area contributed by atoms with E-state index in [2.05, 4.69) is 5.32 Å². The fourth-order valence-electron chi connectivity index (χ4n) is 1.77. The summed E-state index contributed by atoms with van der Waals surface area (Å²) in [4.78, 5) is 12.0. The van der Waals surface area contributed by atoms with Crippen LogP contribution in [0, 0.1) is 5.82 Å². The number of carbonyl (C=O) groups is 1. The van der Waals surface area contributed by atoms with Gasteiger partial charge in [0.15, 0.2) is 0 Å². The number of carboxylic acids is 1. The second kappa shape index (κ2) is 6.43. The van der Waals surface area contributed by atoms with Crippen LogP contribution in [0.4, 0.5) is 10.1 Å². The third-order valence-corrected chi connectivity index (χ3v) is 3.57. The van der Waals surface area contributed by atoms with E-state index in [1.807, 2.05) is 30.5 Å². The summed E-state index contributed by atoms with van der Waals surface area (Å²) in [5, 5.41) is 12.0. The SMILES string of the molecule is CSc1cccc(NCc2cc(C(=O)O)ccc2F)c1. The number of halogens is 1. The zero-order valence-corrected chi connectivity index (χ0v) is 11.7. The van der Waals surface area contributed by atoms with Gasteiger partial charge in [-0.15, -0.1) is 11.8 Å². The third-order valence-electron chi connectivity index (χ3n) is 2.85. The number of anilines is 1. The minimum Gasteiger partial charge on any atom is -0.478 e. The second-order valence-corrected chi connectivity index (χ2v) is 5.08. The minimum absolute atomic E-state index is 0.0843. The molecule has 5 heteroatoms. The molecule has 2 rings (SSSR count). The van der Waals surface area contributed by atoms with Crippen LogP contribution in [-0.2, 0) is 6.54 Å². The summed E-state index contributed by atoms with van der Waals surface area (Å²) >= 11 is 1.62. The number of carboxylic acid groups (broad SMARTS) is 1. The minimum atomic E-state index is -1.06. The van der Waals surface area contributed by atoms with Crippen molar-refractivity contribution in [1.29, 1.82) is 0 Å². The Bertz CT molecular complexity index is 631. The molecule has 2 aromatic carbocycles. The Morgan fingerprint density at radius 3 is 2.80 bits per heavy atom. The summed E-state index contributed by atoms with van der Waals surface area (Å²) in [6.45, 7) is 0.241. The molecule has 0 heterocycles. The van der Waals surface area contributed by atoms with E-state index in [4.69, 9.17) is 5.11 Å². The number of benzene rings is 2. The van der Waals surface area contributed by atoms with Crippen LogP contribution in [-0.4, -0.2) is 17.3 Å². The number of hydrogen-bond acceptors (Lipinski definition) is 3. The fraction of sp³-hybridized carbons (Fsp3) is 0.133. The van der Waals surface area contributed by atoms with E-state index in [1.54, 1.807) is 11.8 Å². The topological polar surface area (TPSA) is 49.3 Å². The summed E-state index contributed by atoms with van der Waals surface area (Å²) in [5.41, 5.74) is 1.29. The van der Waals surface area contributed by atoms with Gasteiger partial charge in [-0.25, -0.2) is 9.18 Å². The van der Waals surface area contributed by atoms with Crippen molar-refractivity contribution < 1.29 is 14.3 Å². The highest BCUT2D eigenvalue weighted by Crippen LogP contribution is 2.20. The van der Waals surface area contributed by atoms with Gasteiger partial charge in [-0.2, -0.15) is 0 Å². The maximum atomic E-state index is 13.6. The number of aromatic carboxylic acids is 1. The first-order valence-corrected chi connectivity index (χ1v) is 7.22. The molecule has 0 aromatic heterocycles. The van der Waals surface area contributed by atoms with Crippen LogP contribution in [0.3, 0.4) is 0 Å². The van der Waals surface area contributed by atoms with Crippen molar-refractivity contribution in [3.05, 3.63) is 59.4 Å². The largest absolute Gasteiger partial charge is 0.478 e. The first-order valence-electron chi connectivity index (χ1n) is 6.00. The standard InChI is InChI=1S/C15H14FNO2S/c1-20-13-4-2-3-12(8-13)17-9-11-7-10(15(18)19)5-6-14(11)16/h2-8,17H,9H2,1H3,(H,18,19). The molecule has 0 atom stereocenters. The predicted octanol–water partition coefficient (Wildman–Crippen LogP) is 3.86. The fourth-order valence-corrected chi connectivity index (χ4v) is 2.23. The Hall–Kier alpha value is -2.01. The van der Waals surface area contributed by atoms with Crippen LogP contribution in [0.15, 0.2) is 47.4 Å². The average Bonchev–Trinajstić information content (AvgIpc) is 2.46. The molecule has 0 aliphatic rings. The molecule has 0 aliphatic heterocycles. The van der Waals surface area contributed by atoms with E-state index < -0.39 is 11.8 Å². The molecule has 0 saturated heterocycles. The molecule has 0 aliphatic carbocycles. The number of nitrogens with one attached hydrogen (secondary N) is 1. The molecule has 0 unspecified atom stereocenters. The molecular weight excluding hydrogens is 277 g/mol. The Balaban J connectivity index is 2.13. The smallest absolute Gasteiger partial charge is 0.335 e. The summed E-state index contributed by atoms with van der Waals surface area (Å²) in [6, 6.07) is 11.5. The first-order chi connectivity index (χ1) is 9.60. The highest BCUT2D eigenvalue weighted by molar-refractivity contribution is 7.98. The monoisotopic (exact) mass is 291 g/mol. The van der Waals surface area contributed by atoms with Crippen molar-refractivity contribution in [3.8, 4) is 0 Å². The van der Waals surface area contributed by atoms with Gasteiger partial charge >= 0.3 is 5.97 Å². The van der Waals surface area contributed by atoms with Gasteiger partial charge in [0, 0.05) is 22.7 Å². The molecule has 0 bridgehead atoms. The Morgan fingerprint density at radius 1 is 1.30 bits per heavy atom. The summed E-state index contributed by atoms with van der Waals surface area (Å²) < 4.78 is 13.6. The summed E-state index contributed by atoms with van der Waals surface area (Å²) in [6.07, 6.45) is 1.98. The molecule has 0 spiro atoms. The predicted molar refractivity (Wildman–Crippen MR) is 78.9 cm³/mol. The first kappa shape index (κ1) is 14.4. The van der Waals surface area contributed by atoms with Crippen LogP contribution in [0.1, 0.15) is 15.9 Å². The lowest BCUT2D eigenvalue weighted by atomic mass is 10.1. The highest BCUT2D eigenvalue weighted by atomic mass is 32.2. The Morgan fingerprint density at radius 2 is 2.10 bits per heavy atom. The average molecular weight is 291 g/mol. The van der Waals surface area contributed by atoms with Gasteiger partial charge in [0.1, 0.15) is 5.82 Å². The van der Waals surface area contributed by atoms with Gasteiger partial charge in [-0.05, 0) is 42.7 Å². The van der Waals surface area contributed by atoms with E-state index >= 15 is 0 Å². The maximum absolute atomic E-state index is 13.6. The van der Waals surface area contributed by atoms with Crippen molar-refractivity contribution in [1.82, 2.24) is 0 Å². The number of hydrogen-bond donors (Lipinski definition) is 2. The van der Waals surface area contributed by atoms with Crippen LogP contribution >= 0.6 is 11.8 Å². The molecule has 0 saturated carbocycles. The van der Waals surface area contributed by atoms with Crippen molar-refractivity contribution in [2.45, 2.75) is 11.4 Å². The molecule has 2 N–H and O–H groups in total. The molecule has 2 aromatic rings. The highest BCUT2D eigenvalue weighted by Gasteiger charge is 2.08. The summed E-state index contributed by atoms with van der Waals surface area (Å²) in [7, 11) is 0. The van der Waals surface area contributed by atoms with Gasteiger partial charge in [0.2, 0.25) is 0 Å². The van der Waals surface area contributed by atoms with E-state index in [9.17, 15) is 9.18 Å². The zero-order chi connectivity index (χ0) is 14.5. The van der Waals surface area contributed by atoms with E-state index in [0.717, 1.165) is 10.6 Å². The normalized spacial score (nSPS) is 10.3. The zero-order valence-electron chi connectivity index (χ0n) is 10.9. The molecule has 3 nitrogen and oxygen atoms in total. The van der Waals surface area contributed by atoms with Crippen LogP contribution in [0.25, 0.3) is 0 Å². The maximum Gasteiger partial charge on any atom is 0.335 e. The van der Waals surface area contributed by atoms with Crippen LogP contribution in [0.5, 0.6) is 0 Å². The van der Waals surface area contributed by atoms with E-state index in [-0.39, 0.29) is 12.1 Å². The van der Waals surface area contributed by atoms with Crippen LogP contribution in [0.2, 0.25) is 0 Å². The van der Waals surface area contributed by atoms with Gasteiger partial charge in [0.25, 0.3) is 0 Å². The van der Waals surface area contributed by atoms with Crippen molar-refractivity contribution in [2.24, 2.45) is 0 Å². The summed E-state index contributed by atoms with van der Waals surface area (Å²) in [5.74, 6) is -1.47. The van der Waals surface area contributed by atoms with Gasteiger partial charge < -0.3 is 10.4 Å². The van der Waals surface area contributed by atoms with Crippen molar-refractivity contribution in [3.63, 3.8) is 0 Å². The van der Waals surface area contributed by atoms with Crippen molar-refractivity contribution in [2.75, 3.05) is 11.6 Å². The molecular formula is C15H14FNO2S. The molecule has 0 fully saturated rings. The molecule has 0 radical (unpaired) electrons.